The van der Waals surface area contributed by atoms with Crippen molar-refractivity contribution in [1.29, 1.82) is 0 Å². The van der Waals surface area contributed by atoms with Gasteiger partial charge in [0.15, 0.2) is 5.78 Å². The second-order valence-corrected chi connectivity index (χ2v) is 3.14. The molecule has 0 heterocycles. The van der Waals surface area contributed by atoms with Crippen LogP contribution in [0.4, 0.5) is 0 Å². The number of carbonyl (C=O) groups excluding carboxylic acids is 1. The summed E-state index contributed by atoms with van der Waals surface area (Å²) < 4.78 is 5.05. The van der Waals surface area contributed by atoms with Crippen molar-refractivity contribution in [2.24, 2.45) is 5.73 Å². The van der Waals surface area contributed by atoms with Crippen molar-refractivity contribution in [2.75, 3.05) is 13.7 Å². The number of carbonyl (C=O) groups is 1. The zero-order chi connectivity index (χ0) is 10.6. The van der Waals surface area contributed by atoms with E-state index in [1.54, 1.807) is 19.2 Å². The number of aryl methyl sites for hydroxylation is 1. The molecule has 0 atom stereocenters. The molecule has 0 bridgehead atoms. The van der Waals surface area contributed by atoms with E-state index in [0.717, 1.165) is 16.9 Å². The van der Waals surface area contributed by atoms with Gasteiger partial charge in [0.1, 0.15) is 5.75 Å². The van der Waals surface area contributed by atoms with Crippen LogP contribution in [0.3, 0.4) is 0 Å². The highest BCUT2D eigenvalue weighted by molar-refractivity contribution is 5.97. The van der Waals surface area contributed by atoms with Gasteiger partial charge in [-0.25, -0.2) is 0 Å². The SMILES string of the molecule is COc1ccc(C(=O)CCN)c(C)c1. The van der Waals surface area contributed by atoms with Crippen LogP contribution in [0.25, 0.3) is 0 Å². The maximum atomic E-state index is 11.5. The quantitative estimate of drug-likeness (QED) is 0.738. The lowest BCUT2D eigenvalue weighted by atomic mass is 10.0. The first-order chi connectivity index (χ1) is 6.69. The average molecular weight is 193 g/mol. The van der Waals surface area contributed by atoms with E-state index in [1.165, 1.54) is 0 Å². The molecule has 0 fully saturated rings. The van der Waals surface area contributed by atoms with Crippen molar-refractivity contribution in [2.45, 2.75) is 13.3 Å². The molecular formula is C11H15NO2. The Hall–Kier alpha value is -1.35. The molecule has 0 aliphatic heterocycles. The number of benzene rings is 1. The third-order valence-electron chi connectivity index (χ3n) is 2.11. The third kappa shape index (κ3) is 2.33. The number of methoxy groups -OCH3 is 1. The van der Waals surface area contributed by atoms with Gasteiger partial charge in [0.05, 0.1) is 7.11 Å². The Labute approximate surface area is 83.9 Å². The summed E-state index contributed by atoms with van der Waals surface area (Å²) in [6.45, 7) is 2.29. The maximum Gasteiger partial charge on any atom is 0.164 e. The molecule has 1 rings (SSSR count). The molecule has 0 aromatic heterocycles. The summed E-state index contributed by atoms with van der Waals surface area (Å²) in [7, 11) is 1.61. The highest BCUT2D eigenvalue weighted by Crippen LogP contribution is 2.17. The van der Waals surface area contributed by atoms with E-state index in [9.17, 15) is 4.79 Å². The first-order valence-electron chi connectivity index (χ1n) is 4.57. The standard InChI is InChI=1S/C11H15NO2/c1-8-7-9(14-2)3-4-10(8)11(13)5-6-12/h3-4,7H,5-6,12H2,1-2H3. The van der Waals surface area contributed by atoms with E-state index in [-0.39, 0.29) is 5.78 Å². The van der Waals surface area contributed by atoms with Gasteiger partial charge in [-0.15, -0.1) is 0 Å². The topological polar surface area (TPSA) is 52.3 Å². The normalized spacial score (nSPS) is 9.93. The van der Waals surface area contributed by atoms with Gasteiger partial charge >= 0.3 is 0 Å². The van der Waals surface area contributed by atoms with E-state index in [4.69, 9.17) is 10.5 Å². The summed E-state index contributed by atoms with van der Waals surface area (Å²) >= 11 is 0. The Morgan fingerprint density at radius 2 is 2.21 bits per heavy atom. The third-order valence-corrected chi connectivity index (χ3v) is 2.11. The molecule has 76 valence electrons. The van der Waals surface area contributed by atoms with Gasteiger partial charge in [-0.1, -0.05) is 0 Å². The smallest absolute Gasteiger partial charge is 0.164 e. The average Bonchev–Trinajstić information content (AvgIpc) is 2.17. The largest absolute Gasteiger partial charge is 0.497 e. The van der Waals surface area contributed by atoms with E-state index in [2.05, 4.69) is 0 Å². The van der Waals surface area contributed by atoms with Gasteiger partial charge in [-0.2, -0.15) is 0 Å². The van der Waals surface area contributed by atoms with Crippen LogP contribution in [-0.4, -0.2) is 19.4 Å². The molecule has 14 heavy (non-hydrogen) atoms. The summed E-state index contributed by atoms with van der Waals surface area (Å²) in [4.78, 5) is 11.5. The minimum absolute atomic E-state index is 0.0904. The van der Waals surface area contributed by atoms with E-state index >= 15 is 0 Å². The van der Waals surface area contributed by atoms with Crippen molar-refractivity contribution in [3.63, 3.8) is 0 Å². The highest BCUT2D eigenvalue weighted by Gasteiger charge is 2.08. The molecule has 0 spiro atoms. The van der Waals surface area contributed by atoms with Crippen LogP contribution in [0.1, 0.15) is 22.3 Å². The number of nitrogens with two attached hydrogens (primary N) is 1. The zero-order valence-electron chi connectivity index (χ0n) is 8.54. The fourth-order valence-electron chi connectivity index (χ4n) is 1.34. The summed E-state index contributed by atoms with van der Waals surface area (Å²) in [5, 5.41) is 0. The molecule has 0 saturated carbocycles. The second-order valence-electron chi connectivity index (χ2n) is 3.14. The van der Waals surface area contributed by atoms with Gasteiger partial charge in [-0.3, -0.25) is 4.79 Å². The predicted octanol–water partition coefficient (Wildman–Crippen LogP) is 1.54. The molecule has 0 amide bonds. The molecule has 0 aliphatic carbocycles. The van der Waals surface area contributed by atoms with Crippen LogP contribution in [0, 0.1) is 6.92 Å². The lowest BCUT2D eigenvalue weighted by Crippen LogP contribution is -2.09. The summed E-state index contributed by atoms with van der Waals surface area (Å²) in [6.07, 6.45) is 0.396. The van der Waals surface area contributed by atoms with Crippen LogP contribution >= 0.6 is 0 Å². The number of rotatable bonds is 4. The monoisotopic (exact) mass is 193 g/mol. The molecule has 2 N–H and O–H groups in total. The van der Waals surface area contributed by atoms with Gasteiger partial charge < -0.3 is 10.5 Å². The van der Waals surface area contributed by atoms with Gasteiger partial charge in [0, 0.05) is 12.0 Å². The number of hydrogen-bond donors (Lipinski definition) is 1. The molecule has 1 aromatic rings. The van der Waals surface area contributed by atoms with Gasteiger partial charge in [0.25, 0.3) is 0 Å². The van der Waals surface area contributed by atoms with Crippen molar-refractivity contribution < 1.29 is 9.53 Å². The maximum absolute atomic E-state index is 11.5. The molecule has 0 unspecified atom stereocenters. The Bertz CT molecular complexity index is 334. The molecule has 3 heteroatoms. The Balaban J connectivity index is 2.94. The number of ketones is 1. The van der Waals surface area contributed by atoms with Crippen molar-refractivity contribution >= 4 is 5.78 Å². The molecule has 0 aliphatic rings. The Morgan fingerprint density at radius 3 is 2.71 bits per heavy atom. The lowest BCUT2D eigenvalue weighted by Gasteiger charge is -2.06. The summed E-state index contributed by atoms with van der Waals surface area (Å²) in [5.41, 5.74) is 6.99. The Kier molecular flexibility index (Phi) is 3.65. The minimum atomic E-state index is 0.0904. The van der Waals surface area contributed by atoms with Gasteiger partial charge in [-0.05, 0) is 37.2 Å². The van der Waals surface area contributed by atoms with Crippen molar-refractivity contribution in [3.8, 4) is 5.75 Å². The first-order valence-corrected chi connectivity index (χ1v) is 4.57. The summed E-state index contributed by atoms with van der Waals surface area (Å²) in [6, 6.07) is 5.42. The number of hydrogen-bond acceptors (Lipinski definition) is 3. The summed E-state index contributed by atoms with van der Waals surface area (Å²) in [5.74, 6) is 0.861. The number of Topliss-reactive ketones (excluding diaryl/α,β-unsaturated/α-hetero) is 1. The molecule has 0 saturated heterocycles. The second kappa shape index (κ2) is 4.77. The number of ether oxygens (including phenoxy) is 1. The molecule has 0 radical (unpaired) electrons. The van der Waals surface area contributed by atoms with Crippen molar-refractivity contribution in [1.82, 2.24) is 0 Å². The molecular weight excluding hydrogens is 178 g/mol. The zero-order valence-corrected chi connectivity index (χ0v) is 8.54. The Morgan fingerprint density at radius 1 is 1.50 bits per heavy atom. The van der Waals surface area contributed by atoms with E-state index < -0.39 is 0 Å². The van der Waals surface area contributed by atoms with Crippen molar-refractivity contribution in [3.05, 3.63) is 29.3 Å². The van der Waals surface area contributed by atoms with Crippen LogP contribution < -0.4 is 10.5 Å². The van der Waals surface area contributed by atoms with Crippen LogP contribution in [0.15, 0.2) is 18.2 Å². The fourth-order valence-corrected chi connectivity index (χ4v) is 1.34. The van der Waals surface area contributed by atoms with E-state index in [0.29, 0.717) is 13.0 Å². The lowest BCUT2D eigenvalue weighted by molar-refractivity contribution is 0.0985. The molecule has 3 nitrogen and oxygen atoms in total. The minimum Gasteiger partial charge on any atom is -0.497 e. The first kappa shape index (κ1) is 10.7. The van der Waals surface area contributed by atoms with Crippen LogP contribution in [0.2, 0.25) is 0 Å². The van der Waals surface area contributed by atoms with E-state index in [1.807, 2.05) is 13.0 Å². The predicted molar refractivity (Wildman–Crippen MR) is 55.7 cm³/mol. The fraction of sp³-hybridized carbons (Fsp3) is 0.364. The molecule has 1 aromatic carbocycles. The van der Waals surface area contributed by atoms with Crippen LogP contribution in [0.5, 0.6) is 5.75 Å². The highest BCUT2D eigenvalue weighted by atomic mass is 16.5. The van der Waals surface area contributed by atoms with Gasteiger partial charge in [0.2, 0.25) is 0 Å². The van der Waals surface area contributed by atoms with Crippen LogP contribution in [-0.2, 0) is 0 Å².